The van der Waals surface area contributed by atoms with Gasteiger partial charge in [-0.25, -0.2) is 4.68 Å². The molecule has 1 amide bonds. The average Bonchev–Trinajstić information content (AvgIpc) is 3.13. The van der Waals surface area contributed by atoms with Gasteiger partial charge in [-0.1, -0.05) is 41.9 Å². The second-order valence-electron chi connectivity index (χ2n) is 6.72. The lowest BCUT2D eigenvalue weighted by molar-refractivity contribution is -0.173. The number of rotatable bonds is 3. The number of alkyl halides is 3. The van der Waals surface area contributed by atoms with Gasteiger partial charge in [-0.15, -0.1) is 0 Å². The topological polar surface area (TPSA) is 59.0 Å². The summed E-state index contributed by atoms with van der Waals surface area (Å²) in [6, 6.07) is 14.2. The Bertz CT molecular complexity index is 1020. The van der Waals surface area contributed by atoms with E-state index >= 15 is 0 Å². The fourth-order valence-electron chi connectivity index (χ4n) is 3.32. The third-order valence-electron chi connectivity index (χ3n) is 4.73. The van der Waals surface area contributed by atoms with E-state index in [0.29, 0.717) is 10.7 Å². The van der Waals surface area contributed by atoms with Crippen molar-refractivity contribution in [3.8, 4) is 0 Å². The molecule has 0 unspecified atom stereocenters. The normalized spacial score (nSPS) is 18.6. The molecule has 0 bridgehead atoms. The minimum Gasteiger partial charge on any atom is -0.363 e. The van der Waals surface area contributed by atoms with Crippen molar-refractivity contribution >= 4 is 29.0 Å². The van der Waals surface area contributed by atoms with Crippen molar-refractivity contribution in [3.05, 3.63) is 76.9 Å². The molecule has 2 atom stereocenters. The van der Waals surface area contributed by atoms with Crippen LogP contribution in [0.1, 0.15) is 34.6 Å². The van der Waals surface area contributed by atoms with E-state index in [1.165, 1.54) is 6.07 Å². The van der Waals surface area contributed by atoms with Gasteiger partial charge in [0.15, 0.2) is 11.7 Å². The summed E-state index contributed by atoms with van der Waals surface area (Å²) in [5, 5.41) is 10.1. The summed E-state index contributed by atoms with van der Waals surface area (Å²) in [5.41, 5.74) is 1.10. The molecule has 1 aliphatic heterocycles. The van der Waals surface area contributed by atoms with Crippen LogP contribution in [0.4, 0.5) is 24.7 Å². The SMILES string of the molecule is O=C(Nc1ccc(Cl)cc1)c1cc2n(n1)[C@@H](C(F)(F)F)C[C@@H](c1ccccc1)N2. The number of hydrogen-bond acceptors (Lipinski definition) is 3. The van der Waals surface area contributed by atoms with Gasteiger partial charge in [-0.3, -0.25) is 4.79 Å². The molecule has 0 radical (unpaired) electrons. The minimum absolute atomic E-state index is 0.106. The number of hydrogen-bond donors (Lipinski definition) is 2. The number of aromatic nitrogens is 2. The summed E-state index contributed by atoms with van der Waals surface area (Å²) in [5.74, 6) is -0.457. The van der Waals surface area contributed by atoms with Gasteiger partial charge in [0.2, 0.25) is 0 Å². The highest BCUT2D eigenvalue weighted by molar-refractivity contribution is 6.30. The highest BCUT2D eigenvalue weighted by Crippen LogP contribution is 2.43. The van der Waals surface area contributed by atoms with E-state index in [1.807, 2.05) is 0 Å². The van der Waals surface area contributed by atoms with Gasteiger partial charge in [-0.2, -0.15) is 18.3 Å². The first-order valence-electron chi connectivity index (χ1n) is 8.86. The van der Waals surface area contributed by atoms with Crippen molar-refractivity contribution in [2.45, 2.75) is 24.7 Å². The summed E-state index contributed by atoms with van der Waals surface area (Å²) < 4.78 is 42.0. The van der Waals surface area contributed by atoms with Crippen LogP contribution < -0.4 is 10.6 Å². The van der Waals surface area contributed by atoms with Gasteiger partial charge in [0, 0.05) is 23.2 Å². The van der Waals surface area contributed by atoms with Crippen LogP contribution in [0.5, 0.6) is 0 Å². The van der Waals surface area contributed by atoms with E-state index in [1.54, 1.807) is 54.6 Å². The molecule has 2 heterocycles. The number of amides is 1. The average molecular weight is 421 g/mol. The lowest BCUT2D eigenvalue weighted by Gasteiger charge is -2.33. The van der Waals surface area contributed by atoms with Crippen molar-refractivity contribution < 1.29 is 18.0 Å². The monoisotopic (exact) mass is 420 g/mol. The molecule has 2 aromatic carbocycles. The zero-order chi connectivity index (χ0) is 20.6. The molecule has 0 fully saturated rings. The van der Waals surface area contributed by atoms with Crippen LogP contribution in [0.3, 0.4) is 0 Å². The Morgan fingerprint density at radius 2 is 1.83 bits per heavy atom. The zero-order valence-corrected chi connectivity index (χ0v) is 15.7. The molecule has 1 aliphatic rings. The summed E-state index contributed by atoms with van der Waals surface area (Å²) >= 11 is 5.81. The molecule has 0 aliphatic carbocycles. The van der Waals surface area contributed by atoms with E-state index in [9.17, 15) is 18.0 Å². The molecular formula is C20H16ClF3N4O. The number of nitrogens with zero attached hydrogens (tertiary/aromatic N) is 2. The maximum atomic E-state index is 13.7. The number of anilines is 2. The van der Waals surface area contributed by atoms with Crippen LogP contribution in [0.15, 0.2) is 60.7 Å². The predicted molar refractivity (Wildman–Crippen MR) is 104 cm³/mol. The second-order valence-corrected chi connectivity index (χ2v) is 7.16. The summed E-state index contributed by atoms with van der Waals surface area (Å²) in [6.07, 6.45) is -4.72. The van der Waals surface area contributed by atoms with Crippen LogP contribution in [-0.4, -0.2) is 21.9 Å². The van der Waals surface area contributed by atoms with Crippen molar-refractivity contribution in [2.24, 2.45) is 0 Å². The van der Waals surface area contributed by atoms with E-state index in [-0.39, 0.29) is 17.9 Å². The van der Waals surface area contributed by atoms with Gasteiger partial charge >= 0.3 is 6.18 Å². The van der Waals surface area contributed by atoms with Gasteiger partial charge in [0.25, 0.3) is 5.91 Å². The predicted octanol–water partition coefficient (Wildman–Crippen LogP) is 5.45. The van der Waals surface area contributed by atoms with Crippen LogP contribution >= 0.6 is 11.6 Å². The Morgan fingerprint density at radius 1 is 1.14 bits per heavy atom. The number of fused-ring (bicyclic) bond motifs is 1. The highest BCUT2D eigenvalue weighted by Gasteiger charge is 2.46. The van der Waals surface area contributed by atoms with Gasteiger partial charge < -0.3 is 10.6 Å². The number of carbonyl (C=O) groups excluding carboxylic acids is 1. The largest absolute Gasteiger partial charge is 0.410 e. The smallest absolute Gasteiger partial charge is 0.363 e. The van der Waals surface area contributed by atoms with Crippen LogP contribution in [0.25, 0.3) is 0 Å². The van der Waals surface area contributed by atoms with Crippen molar-refractivity contribution in [1.29, 1.82) is 0 Å². The fraction of sp³-hybridized carbons (Fsp3) is 0.200. The molecule has 29 heavy (non-hydrogen) atoms. The van der Waals surface area contributed by atoms with E-state index in [4.69, 9.17) is 11.6 Å². The van der Waals surface area contributed by atoms with E-state index in [0.717, 1.165) is 10.2 Å². The minimum atomic E-state index is -4.50. The van der Waals surface area contributed by atoms with Crippen molar-refractivity contribution in [1.82, 2.24) is 9.78 Å². The Balaban J connectivity index is 1.63. The highest BCUT2D eigenvalue weighted by atomic mass is 35.5. The summed E-state index contributed by atoms with van der Waals surface area (Å²) in [4.78, 5) is 12.5. The van der Waals surface area contributed by atoms with Gasteiger partial charge in [-0.05, 0) is 29.8 Å². The molecular weight excluding hydrogens is 405 g/mol. The molecule has 0 spiro atoms. The Morgan fingerprint density at radius 3 is 2.48 bits per heavy atom. The second kappa shape index (κ2) is 7.44. The lowest BCUT2D eigenvalue weighted by atomic mass is 9.97. The third kappa shape index (κ3) is 4.07. The van der Waals surface area contributed by atoms with Gasteiger partial charge in [0.05, 0.1) is 6.04 Å². The quantitative estimate of drug-likeness (QED) is 0.592. The molecule has 0 saturated heterocycles. The first-order chi connectivity index (χ1) is 13.8. The van der Waals surface area contributed by atoms with Gasteiger partial charge in [0.1, 0.15) is 5.82 Å². The van der Waals surface area contributed by atoms with Crippen molar-refractivity contribution in [2.75, 3.05) is 10.6 Å². The fourth-order valence-corrected chi connectivity index (χ4v) is 3.44. The van der Waals surface area contributed by atoms with Crippen LogP contribution in [0, 0.1) is 0 Å². The van der Waals surface area contributed by atoms with Crippen LogP contribution in [0.2, 0.25) is 5.02 Å². The first kappa shape index (κ1) is 19.3. The maximum absolute atomic E-state index is 13.7. The molecule has 0 saturated carbocycles. The number of benzene rings is 2. The molecule has 1 aromatic heterocycles. The van der Waals surface area contributed by atoms with E-state index < -0.39 is 24.2 Å². The molecule has 3 aromatic rings. The first-order valence-corrected chi connectivity index (χ1v) is 9.24. The lowest BCUT2D eigenvalue weighted by Crippen LogP contribution is -2.35. The standard InChI is InChI=1S/C20H16ClF3N4O/c21-13-6-8-14(9-7-13)25-19(29)16-11-18-26-15(12-4-2-1-3-5-12)10-17(20(22,23)24)28(18)27-16/h1-9,11,15,17,26H,10H2,(H,25,29)/t15-,17+/m0/s1. The molecule has 4 rings (SSSR count). The number of carbonyl (C=O) groups is 1. The van der Waals surface area contributed by atoms with Crippen molar-refractivity contribution in [3.63, 3.8) is 0 Å². The third-order valence-corrected chi connectivity index (χ3v) is 4.98. The summed E-state index contributed by atoms with van der Waals surface area (Å²) in [7, 11) is 0. The zero-order valence-electron chi connectivity index (χ0n) is 14.9. The molecule has 150 valence electrons. The molecule has 9 heteroatoms. The Labute approximate surface area is 169 Å². The molecule has 5 nitrogen and oxygen atoms in total. The number of nitrogens with one attached hydrogen (secondary N) is 2. The Kier molecular flexibility index (Phi) is 4.96. The Hall–Kier alpha value is -3.00. The molecule has 2 N–H and O–H groups in total. The van der Waals surface area contributed by atoms with Crippen LogP contribution in [-0.2, 0) is 0 Å². The number of halogens is 4. The summed E-state index contributed by atoms with van der Waals surface area (Å²) in [6.45, 7) is 0. The van der Waals surface area contributed by atoms with E-state index in [2.05, 4.69) is 15.7 Å². The maximum Gasteiger partial charge on any atom is 0.410 e.